The van der Waals surface area contributed by atoms with Gasteiger partial charge in [0.05, 0.1) is 13.2 Å². The summed E-state index contributed by atoms with van der Waals surface area (Å²) in [5, 5.41) is 0. The molecule has 92 valence electrons. The maximum absolute atomic E-state index is 5.77. The summed E-state index contributed by atoms with van der Waals surface area (Å²) in [6.45, 7) is 3.71. The average Bonchev–Trinajstić information content (AvgIpc) is 2.79. The fraction of sp³-hybridized carbons (Fsp3) is 0.600. The molecule has 2 fully saturated rings. The van der Waals surface area contributed by atoms with Gasteiger partial charge in [-0.05, 0) is 31.2 Å². The molecule has 17 heavy (non-hydrogen) atoms. The molecule has 1 aliphatic carbocycles. The minimum atomic E-state index is -0.222. The number of rotatable bonds is 1. The van der Waals surface area contributed by atoms with Crippen LogP contribution in [0.1, 0.15) is 42.7 Å². The van der Waals surface area contributed by atoms with Crippen LogP contribution in [0.4, 0.5) is 0 Å². The van der Waals surface area contributed by atoms with Gasteiger partial charge in [-0.25, -0.2) is 0 Å². The molecule has 1 heterocycles. The summed E-state index contributed by atoms with van der Waals surface area (Å²) in [4.78, 5) is 0. The summed E-state index contributed by atoms with van der Waals surface area (Å²) in [6, 6.07) is 8.90. The second-order valence-electron chi connectivity index (χ2n) is 5.30. The molecule has 0 bridgehead atoms. The fourth-order valence-electron chi connectivity index (χ4n) is 3.10. The van der Waals surface area contributed by atoms with Crippen molar-refractivity contribution in [1.82, 2.24) is 0 Å². The third-order valence-electron chi connectivity index (χ3n) is 4.07. The van der Waals surface area contributed by atoms with E-state index >= 15 is 0 Å². The second-order valence-corrected chi connectivity index (χ2v) is 5.30. The topological polar surface area (TPSA) is 18.5 Å². The van der Waals surface area contributed by atoms with Gasteiger partial charge in [-0.2, -0.15) is 0 Å². The van der Waals surface area contributed by atoms with Crippen LogP contribution >= 0.6 is 0 Å². The molecule has 3 rings (SSSR count). The second kappa shape index (κ2) is 4.43. The van der Waals surface area contributed by atoms with Crippen molar-refractivity contribution < 1.29 is 9.47 Å². The normalized spacial score (nSPS) is 24.3. The first-order valence-electron chi connectivity index (χ1n) is 6.62. The summed E-state index contributed by atoms with van der Waals surface area (Å²) in [7, 11) is 0. The molecule has 1 aliphatic heterocycles. The Morgan fingerprint density at radius 2 is 1.82 bits per heavy atom. The molecule has 1 saturated heterocycles. The van der Waals surface area contributed by atoms with Crippen LogP contribution in [0, 0.1) is 6.92 Å². The number of benzene rings is 1. The molecule has 2 aliphatic rings. The Labute approximate surface area is 103 Å². The molecule has 1 aromatic rings. The molecular formula is C15H20O2. The third kappa shape index (κ3) is 2.24. The van der Waals surface area contributed by atoms with Gasteiger partial charge in [0.1, 0.15) is 0 Å². The van der Waals surface area contributed by atoms with Crippen LogP contribution in [-0.2, 0) is 9.47 Å². The first kappa shape index (κ1) is 11.2. The van der Waals surface area contributed by atoms with E-state index in [2.05, 4.69) is 31.2 Å². The standard InChI is InChI=1S/C15H20O2/c1-12-3-2-4-14(11-12)13-5-7-15(8-6-13)16-9-10-17-15/h2-4,11,13H,5-10H2,1H3. The van der Waals surface area contributed by atoms with E-state index in [0.717, 1.165) is 26.1 Å². The molecule has 1 aromatic carbocycles. The zero-order valence-corrected chi connectivity index (χ0v) is 10.4. The highest BCUT2D eigenvalue weighted by Crippen LogP contribution is 2.42. The van der Waals surface area contributed by atoms with Crippen molar-refractivity contribution >= 4 is 0 Å². The molecule has 0 atom stereocenters. The quantitative estimate of drug-likeness (QED) is 0.739. The molecule has 0 N–H and O–H groups in total. The Morgan fingerprint density at radius 3 is 2.47 bits per heavy atom. The van der Waals surface area contributed by atoms with Gasteiger partial charge in [0.25, 0.3) is 0 Å². The van der Waals surface area contributed by atoms with Crippen LogP contribution in [0.25, 0.3) is 0 Å². The Hall–Kier alpha value is -0.860. The Balaban J connectivity index is 1.68. The summed E-state index contributed by atoms with van der Waals surface area (Å²) >= 11 is 0. The number of aryl methyl sites for hydroxylation is 1. The highest BCUT2D eigenvalue weighted by Gasteiger charge is 2.40. The predicted molar refractivity (Wildman–Crippen MR) is 67.0 cm³/mol. The largest absolute Gasteiger partial charge is 0.348 e. The smallest absolute Gasteiger partial charge is 0.168 e. The van der Waals surface area contributed by atoms with Gasteiger partial charge in [-0.1, -0.05) is 29.8 Å². The molecule has 0 radical (unpaired) electrons. The molecule has 2 nitrogen and oxygen atoms in total. The maximum Gasteiger partial charge on any atom is 0.168 e. The van der Waals surface area contributed by atoms with E-state index in [4.69, 9.17) is 9.47 Å². The minimum Gasteiger partial charge on any atom is -0.348 e. The van der Waals surface area contributed by atoms with Gasteiger partial charge in [-0.15, -0.1) is 0 Å². The Bertz CT molecular complexity index is 384. The van der Waals surface area contributed by atoms with E-state index in [9.17, 15) is 0 Å². The van der Waals surface area contributed by atoms with E-state index in [-0.39, 0.29) is 5.79 Å². The number of hydrogen-bond donors (Lipinski definition) is 0. The summed E-state index contributed by atoms with van der Waals surface area (Å²) in [5.74, 6) is 0.466. The van der Waals surface area contributed by atoms with E-state index in [1.165, 1.54) is 24.0 Å². The monoisotopic (exact) mass is 232 g/mol. The van der Waals surface area contributed by atoms with Crippen molar-refractivity contribution in [3.63, 3.8) is 0 Å². The van der Waals surface area contributed by atoms with Crippen molar-refractivity contribution in [2.24, 2.45) is 0 Å². The molecule has 1 spiro atoms. The van der Waals surface area contributed by atoms with Gasteiger partial charge in [0.2, 0.25) is 0 Å². The van der Waals surface area contributed by atoms with Gasteiger partial charge in [0, 0.05) is 12.8 Å². The average molecular weight is 232 g/mol. The van der Waals surface area contributed by atoms with Gasteiger partial charge in [0.15, 0.2) is 5.79 Å². The van der Waals surface area contributed by atoms with Crippen molar-refractivity contribution in [3.8, 4) is 0 Å². The van der Waals surface area contributed by atoms with Gasteiger partial charge >= 0.3 is 0 Å². The van der Waals surface area contributed by atoms with Gasteiger partial charge in [-0.3, -0.25) is 0 Å². The first-order chi connectivity index (χ1) is 8.27. The molecule has 0 amide bonds. The zero-order valence-electron chi connectivity index (χ0n) is 10.4. The summed E-state index contributed by atoms with van der Waals surface area (Å²) < 4.78 is 11.5. The minimum absolute atomic E-state index is 0.222. The molecule has 0 aromatic heterocycles. The van der Waals surface area contributed by atoms with Crippen LogP contribution in [-0.4, -0.2) is 19.0 Å². The summed E-state index contributed by atoms with van der Waals surface area (Å²) in [6.07, 6.45) is 4.46. The maximum atomic E-state index is 5.77. The van der Waals surface area contributed by atoms with Gasteiger partial charge < -0.3 is 9.47 Å². The van der Waals surface area contributed by atoms with Crippen LogP contribution in [0.5, 0.6) is 0 Å². The van der Waals surface area contributed by atoms with E-state index in [1.54, 1.807) is 0 Å². The van der Waals surface area contributed by atoms with E-state index < -0.39 is 0 Å². The van der Waals surface area contributed by atoms with Crippen LogP contribution in [0.15, 0.2) is 24.3 Å². The lowest BCUT2D eigenvalue weighted by Crippen LogP contribution is -2.34. The molecule has 0 unspecified atom stereocenters. The highest BCUT2D eigenvalue weighted by molar-refractivity contribution is 5.26. The van der Waals surface area contributed by atoms with Crippen LogP contribution in [0.3, 0.4) is 0 Å². The summed E-state index contributed by atoms with van der Waals surface area (Å²) in [5.41, 5.74) is 2.84. The SMILES string of the molecule is Cc1cccc(C2CCC3(CC2)OCCO3)c1. The predicted octanol–water partition coefficient (Wildman–Crippen LogP) is 3.40. The zero-order chi connectivity index (χ0) is 11.7. The molecular weight excluding hydrogens is 212 g/mol. The molecule has 1 saturated carbocycles. The third-order valence-corrected chi connectivity index (χ3v) is 4.07. The highest BCUT2D eigenvalue weighted by atomic mass is 16.7. The lowest BCUT2D eigenvalue weighted by Gasteiger charge is -2.35. The van der Waals surface area contributed by atoms with Crippen molar-refractivity contribution in [1.29, 1.82) is 0 Å². The van der Waals surface area contributed by atoms with E-state index in [1.807, 2.05) is 0 Å². The molecule has 2 heteroatoms. The van der Waals surface area contributed by atoms with Crippen LogP contribution < -0.4 is 0 Å². The Morgan fingerprint density at radius 1 is 1.12 bits per heavy atom. The first-order valence-corrected chi connectivity index (χ1v) is 6.62. The van der Waals surface area contributed by atoms with Crippen molar-refractivity contribution in [2.45, 2.75) is 44.3 Å². The lowest BCUT2D eigenvalue weighted by atomic mass is 9.81. The number of hydrogen-bond acceptors (Lipinski definition) is 2. The van der Waals surface area contributed by atoms with Crippen molar-refractivity contribution in [2.75, 3.05) is 13.2 Å². The number of ether oxygens (including phenoxy) is 2. The fourth-order valence-corrected chi connectivity index (χ4v) is 3.10. The lowest BCUT2D eigenvalue weighted by molar-refractivity contribution is -0.178. The van der Waals surface area contributed by atoms with Crippen molar-refractivity contribution in [3.05, 3.63) is 35.4 Å². The van der Waals surface area contributed by atoms with E-state index in [0.29, 0.717) is 5.92 Å². The van der Waals surface area contributed by atoms with Crippen LogP contribution in [0.2, 0.25) is 0 Å². The Kier molecular flexibility index (Phi) is 2.93.